The second-order valence-electron chi connectivity index (χ2n) is 4.12. The highest BCUT2D eigenvalue weighted by Gasteiger charge is 2.05. The van der Waals surface area contributed by atoms with Gasteiger partial charge >= 0.3 is 0 Å². The molecule has 0 amide bonds. The predicted octanol–water partition coefficient (Wildman–Crippen LogP) is 5.70. The van der Waals surface area contributed by atoms with Crippen molar-refractivity contribution in [2.45, 2.75) is 20.1 Å². The summed E-state index contributed by atoms with van der Waals surface area (Å²) in [6.07, 6.45) is 0. The van der Waals surface area contributed by atoms with Crippen molar-refractivity contribution in [3.8, 4) is 0 Å². The molecule has 0 radical (unpaired) electrons. The lowest BCUT2D eigenvalue weighted by atomic mass is 10.5. The minimum atomic E-state index is 0.821. The lowest BCUT2D eigenvalue weighted by Crippen LogP contribution is -1.87. The van der Waals surface area contributed by atoms with E-state index in [9.17, 15) is 0 Å². The molecule has 0 N–H and O–H groups in total. The van der Waals surface area contributed by atoms with Gasteiger partial charge in [-0.3, -0.25) is 0 Å². The van der Waals surface area contributed by atoms with E-state index in [1.54, 1.807) is 0 Å². The Kier molecular flexibility index (Phi) is 5.51. The molecule has 3 nitrogen and oxygen atoms in total. The number of rotatable bonds is 4. The Balaban J connectivity index is 1.78. The highest BCUT2D eigenvalue weighted by molar-refractivity contribution is 9.10. The second-order valence-corrected chi connectivity index (χ2v) is 7.82. The standard InChI is InChI=1S/C15H9Br2N3S2/c16-10-4-1-6-12(18-10)21-14-8-3-9-15(20-14)22-13-7-2-5-11(17)19-13/h1-9H. The molecular formula is C15H9Br2N3S2. The summed E-state index contributed by atoms with van der Waals surface area (Å²) in [4.78, 5) is 13.5. The van der Waals surface area contributed by atoms with E-state index >= 15 is 0 Å². The molecule has 3 aromatic heterocycles. The lowest BCUT2D eigenvalue weighted by Gasteiger charge is -2.04. The first kappa shape index (κ1) is 16.0. The maximum atomic E-state index is 4.64. The zero-order chi connectivity index (χ0) is 15.4. The van der Waals surface area contributed by atoms with Crippen molar-refractivity contribution in [3.63, 3.8) is 0 Å². The molecule has 22 heavy (non-hydrogen) atoms. The van der Waals surface area contributed by atoms with Gasteiger partial charge in [0.2, 0.25) is 0 Å². The van der Waals surface area contributed by atoms with E-state index in [0.29, 0.717) is 0 Å². The molecule has 0 atom stereocenters. The van der Waals surface area contributed by atoms with Crippen LogP contribution in [0.5, 0.6) is 0 Å². The van der Waals surface area contributed by atoms with Crippen molar-refractivity contribution >= 4 is 55.4 Å². The molecule has 3 rings (SSSR count). The Morgan fingerprint density at radius 1 is 0.545 bits per heavy atom. The van der Waals surface area contributed by atoms with E-state index in [-0.39, 0.29) is 0 Å². The minimum absolute atomic E-state index is 0.821. The van der Waals surface area contributed by atoms with Crippen LogP contribution >= 0.6 is 55.4 Å². The van der Waals surface area contributed by atoms with Crippen LogP contribution in [0.4, 0.5) is 0 Å². The molecule has 0 aliphatic heterocycles. The van der Waals surface area contributed by atoms with Crippen LogP contribution in [0.1, 0.15) is 0 Å². The third-order valence-corrected chi connectivity index (χ3v) is 5.12. The first-order chi connectivity index (χ1) is 10.7. The van der Waals surface area contributed by atoms with Gasteiger partial charge < -0.3 is 0 Å². The maximum Gasteiger partial charge on any atom is 0.107 e. The molecule has 0 saturated carbocycles. The number of hydrogen-bond donors (Lipinski definition) is 0. The Labute approximate surface area is 153 Å². The van der Waals surface area contributed by atoms with Crippen molar-refractivity contribution in [3.05, 3.63) is 63.8 Å². The topological polar surface area (TPSA) is 38.7 Å². The average molecular weight is 455 g/mol. The van der Waals surface area contributed by atoms with Gasteiger partial charge in [-0.05, 0) is 68.3 Å². The number of nitrogens with zero attached hydrogens (tertiary/aromatic N) is 3. The molecule has 0 aromatic carbocycles. The summed E-state index contributed by atoms with van der Waals surface area (Å²) in [5.41, 5.74) is 0. The van der Waals surface area contributed by atoms with Crippen molar-refractivity contribution in [2.24, 2.45) is 0 Å². The number of halogens is 2. The van der Waals surface area contributed by atoms with Gasteiger partial charge in [-0.15, -0.1) is 0 Å². The lowest BCUT2D eigenvalue weighted by molar-refractivity contribution is 0.989. The van der Waals surface area contributed by atoms with Crippen LogP contribution < -0.4 is 0 Å². The fourth-order valence-electron chi connectivity index (χ4n) is 1.62. The zero-order valence-electron chi connectivity index (χ0n) is 11.1. The van der Waals surface area contributed by atoms with Crippen LogP contribution in [0.2, 0.25) is 0 Å². The van der Waals surface area contributed by atoms with E-state index in [0.717, 1.165) is 29.3 Å². The minimum Gasteiger partial charge on any atom is -0.234 e. The van der Waals surface area contributed by atoms with Crippen LogP contribution in [0.15, 0.2) is 83.9 Å². The molecule has 0 saturated heterocycles. The first-order valence-corrected chi connectivity index (χ1v) is 9.49. The van der Waals surface area contributed by atoms with Gasteiger partial charge in [-0.1, -0.05) is 41.7 Å². The quantitative estimate of drug-likeness (QED) is 0.472. The van der Waals surface area contributed by atoms with Gasteiger partial charge in [0.1, 0.15) is 29.3 Å². The van der Waals surface area contributed by atoms with Crippen LogP contribution in [-0.4, -0.2) is 15.0 Å². The Bertz CT molecular complexity index is 736. The Morgan fingerprint density at radius 2 is 0.909 bits per heavy atom. The summed E-state index contributed by atoms with van der Waals surface area (Å²) in [5.74, 6) is 0. The van der Waals surface area contributed by atoms with Gasteiger partial charge in [0.25, 0.3) is 0 Å². The van der Waals surface area contributed by atoms with Gasteiger partial charge in [0.15, 0.2) is 0 Å². The van der Waals surface area contributed by atoms with Gasteiger partial charge in [-0.2, -0.15) is 0 Å². The van der Waals surface area contributed by atoms with Crippen LogP contribution in [-0.2, 0) is 0 Å². The molecule has 0 aliphatic rings. The maximum absolute atomic E-state index is 4.64. The summed E-state index contributed by atoms with van der Waals surface area (Å²) >= 11 is 9.83. The SMILES string of the molecule is Brc1cccc(Sc2cccc(Sc3cccc(Br)n3)n2)n1. The van der Waals surface area contributed by atoms with Crippen LogP contribution in [0.25, 0.3) is 0 Å². The zero-order valence-corrected chi connectivity index (χ0v) is 15.9. The fourth-order valence-corrected chi connectivity index (χ4v) is 4.19. The molecule has 110 valence electrons. The van der Waals surface area contributed by atoms with E-state index < -0.39 is 0 Å². The fraction of sp³-hybridized carbons (Fsp3) is 0. The summed E-state index contributed by atoms with van der Waals surface area (Å²) < 4.78 is 1.64. The Hall–Kier alpha value is -0.890. The summed E-state index contributed by atoms with van der Waals surface area (Å²) in [5, 5.41) is 3.63. The van der Waals surface area contributed by atoms with Crippen molar-refractivity contribution < 1.29 is 0 Å². The highest BCUT2D eigenvalue weighted by Crippen LogP contribution is 2.30. The third kappa shape index (κ3) is 4.55. The van der Waals surface area contributed by atoms with Crippen LogP contribution in [0, 0.1) is 0 Å². The summed E-state index contributed by atoms with van der Waals surface area (Å²) in [6.45, 7) is 0. The average Bonchev–Trinajstić information content (AvgIpc) is 2.47. The molecule has 0 spiro atoms. The second kappa shape index (κ2) is 7.59. The van der Waals surface area contributed by atoms with Crippen LogP contribution in [0.3, 0.4) is 0 Å². The molecule has 0 fully saturated rings. The van der Waals surface area contributed by atoms with Crippen molar-refractivity contribution in [1.29, 1.82) is 0 Å². The first-order valence-electron chi connectivity index (χ1n) is 6.27. The molecule has 3 heterocycles. The van der Waals surface area contributed by atoms with Gasteiger partial charge in [0, 0.05) is 0 Å². The Morgan fingerprint density at radius 3 is 1.32 bits per heavy atom. The smallest absolute Gasteiger partial charge is 0.107 e. The number of aromatic nitrogens is 3. The summed E-state index contributed by atoms with van der Waals surface area (Å²) in [7, 11) is 0. The van der Waals surface area contributed by atoms with E-state index in [1.807, 2.05) is 54.6 Å². The molecular weight excluding hydrogens is 446 g/mol. The van der Waals surface area contributed by atoms with E-state index in [2.05, 4.69) is 46.8 Å². The predicted molar refractivity (Wildman–Crippen MR) is 96.4 cm³/mol. The third-order valence-electron chi connectivity index (χ3n) is 2.50. The number of hydrogen-bond acceptors (Lipinski definition) is 5. The molecule has 7 heteroatoms. The van der Waals surface area contributed by atoms with Gasteiger partial charge in [0.05, 0.1) is 0 Å². The van der Waals surface area contributed by atoms with Gasteiger partial charge in [-0.25, -0.2) is 15.0 Å². The van der Waals surface area contributed by atoms with Crippen molar-refractivity contribution in [1.82, 2.24) is 15.0 Å². The molecule has 0 unspecified atom stereocenters. The molecule has 3 aromatic rings. The van der Waals surface area contributed by atoms with Crippen molar-refractivity contribution in [2.75, 3.05) is 0 Å². The normalized spacial score (nSPS) is 10.6. The largest absolute Gasteiger partial charge is 0.234 e. The monoisotopic (exact) mass is 453 g/mol. The molecule has 0 bridgehead atoms. The highest BCUT2D eigenvalue weighted by atomic mass is 79.9. The van der Waals surface area contributed by atoms with E-state index in [1.165, 1.54) is 23.5 Å². The summed E-state index contributed by atoms with van der Waals surface area (Å²) in [6, 6.07) is 17.6. The molecule has 0 aliphatic carbocycles. The number of pyridine rings is 3. The van der Waals surface area contributed by atoms with E-state index in [4.69, 9.17) is 0 Å².